The molecule has 2 aromatic carbocycles. The van der Waals surface area contributed by atoms with Crippen LogP contribution < -0.4 is 0 Å². The average molecular weight is 516 g/mol. The summed E-state index contributed by atoms with van der Waals surface area (Å²) < 4.78 is 11.8. The van der Waals surface area contributed by atoms with Gasteiger partial charge in [0.2, 0.25) is 0 Å². The quantitative estimate of drug-likeness (QED) is 0.500. The van der Waals surface area contributed by atoms with Crippen LogP contribution in [0.25, 0.3) is 0 Å². The summed E-state index contributed by atoms with van der Waals surface area (Å²) in [5.74, 6) is -0.292. The Hall–Kier alpha value is -1.21. The van der Waals surface area contributed by atoms with E-state index in [1.165, 1.54) is 20.0 Å². The number of aryl methyl sites for hydroxylation is 2. The van der Waals surface area contributed by atoms with Gasteiger partial charge in [-0.3, -0.25) is 0 Å². The smallest absolute Gasteiger partial charge is 0.338 e. The second-order valence-electron chi connectivity index (χ2n) is 6.50. The Morgan fingerprint density at radius 1 is 1.14 bits per heavy atom. The van der Waals surface area contributed by atoms with E-state index in [1.54, 1.807) is 6.07 Å². The number of hydrogen-bond acceptors (Lipinski definition) is 4. The molecule has 0 aromatic heterocycles. The van der Waals surface area contributed by atoms with Crippen molar-refractivity contribution in [3.63, 3.8) is 0 Å². The summed E-state index contributed by atoms with van der Waals surface area (Å²) in [4.78, 5) is 11.1. The van der Waals surface area contributed by atoms with E-state index in [-0.39, 0.29) is 12.6 Å². The number of carbonyl (C=O) groups is 1. The first-order valence-electron chi connectivity index (χ1n) is 9.10. The van der Waals surface area contributed by atoms with E-state index < -0.39 is 0 Å². The molecule has 28 heavy (non-hydrogen) atoms. The van der Waals surface area contributed by atoms with Crippen molar-refractivity contribution in [1.29, 1.82) is 0 Å². The highest BCUT2D eigenvalue weighted by atomic mass is 79.9. The van der Waals surface area contributed by atoms with E-state index >= 15 is 0 Å². The Labute approximate surface area is 184 Å². The highest BCUT2D eigenvalue weighted by molar-refractivity contribution is 9.10. The molecule has 0 spiro atoms. The van der Waals surface area contributed by atoms with E-state index in [0.717, 1.165) is 32.2 Å². The van der Waals surface area contributed by atoms with Crippen molar-refractivity contribution in [2.45, 2.75) is 46.3 Å². The van der Waals surface area contributed by atoms with Crippen LogP contribution in [-0.4, -0.2) is 30.9 Å². The summed E-state index contributed by atoms with van der Waals surface area (Å²) in [6.07, 6.45) is 3.08. The Kier molecular flexibility index (Phi) is 11.6. The monoisotopic (exact) mass is 514 g/mol. The standard InChI is InChI=1S/C9H9BrO2.C8H9BrO.C5H10O/c1-6-5-7(10)3-4-8(6)9(11)12-2;1-6-4-8(9)3-2-7(6)5-10;1-5-3-2-4-6-5/h3-5H,1-2H3;2-4,10H,5H2,1H3;5H,2-4H2,1H3. The maximum Gasteiger partial charge on any atom is 0.338 e. The normalized spacial score (nSPS) is 15.0. The van der Waals surface area contributed by atoms with Gasteiger partial charge < -0.3 is 14.6 Å². The number of benzene rings is 2. The number of carbonyl (C=O) groups excluding carboxylic acids is 1. The summed E-state index contributed by atoms with van der Waals surface area (Å²) in [5.41, 5.74) is 3.64. The predicted octanol–water partition coefficient (Wildman–Crippen LogP) is 5.98. The third-order valence-corrected chi connectivity index (χ3v) is 5.21. The van der Waals surface area contributed by atoms with Gasteiger partial charge in [-0.25, -0.2) is 4.79 Å². The summed E-state index contributed by atoms with van der Waals surface area (Å²) in [5, 5.41) is 8.79. The second-order valence-corrected chi connectivity index (χ2v) is 8.33. The molecule has 3 rings (SSSR count). The minimum absolute atomic E-state index is 0.124. The van der Waals surface area contributed by atoms with Crippen molar-refractivity contribution in [2.24, 2.45) is 0 Å². The number of hydrogen-bond donors (Lipinski definition) is 1. The van der Waals surface area contributed by atoms with Gasteiger partial charge in [0.15, 0.2) is 0 Å². The van der Waals surface area contributed by atoms with Crippen LogP contribution in [0.2, 0.25) is 0 Å². The van der Waals surface area contributed by atoms with E-state index in [4.69, 9.17) is 9.84 Å². The fourth-order valence-corrected chi connectivity index (χ4v) is 3.49. The van der Waals surface area contributed by atoms with Crippen LogP contribution in [0.1, 0.15) is 46.8 Å². The Morgan fingerprint density at radius 3 is 2.14 bits per heavy atom. The van der Waals surface area contributed by atoms with Gasteiger partial charge in [0.25, 0.3) is 0 Å². The number of esters is 1. The van der Waals surface area contributed by atoms with Crippen LogP contribution in [0.5, 0.6) is 0 Å². The Bertz CT molecular complexity index is 756. The van der Waals surface area contributed by atoms with Gasteiger partial charge >= 0.3 is 5.97 Å². The van der Waals surface area contributed by atoms with Crippen LogP contribution >= 0.6 is 31.9 Å². The molecule has 0 saturated carbocycles. The molecule has 1 atom stereocenters. The van der Waals surface area contributed by atoms with Crippen molar-refractivity contribution in [1.82, 2.24) is 0 Å². The lowest BCUT2D eigenvalue weighted by Gasteiger charge is -2.02. The van der Waals surface area contributed by atoms with Gasteiger partial charge in [-0.1, -0.05) is 37.9 Å². The highest BCUT2D eigenvalue weighted by Crippen LogP contribution is 2.16. The fraction of sp³-hybridized carbons (Fsp3) is 0.409. The van der Waals surface area contributed by atoms with Gasteiger partial charge in [-0.15, -0.1) is 0 Å². The molecule has 0 radical (unpaired) electrons. The van der Waals surface area contributed by atoms with Crippen LogP contribution in [0.3, 0.4) is 0 Å². The molecule has 0 aliphatic carbocycles. The van der Waals surface area contributed by atoms with E-state index in [1.807, 2.05) is 44.2 Å². The minimum atomic E-state index is -0.292. The van der Waals surface area contributed by atoms with Gasteiger partial charge in [0.1, 0.15) is 0 Å². The van der Waals surface area contributed by atoms with Gasteiger partial charge in [-0.05, 0) is 80.6 Å². The molecule has 1 aliphatic rings. The van der Waals surface area contributed by atoms with Crippen LogP contribution in [0.4, 0.5) is 0 Å². The third-order valence-electron chi connectivity index (χ3n) is 4.23. The first-order valence-corrected chi connectivity index (χ1v) is 10.7. The zero-order chi connectivity index (χ0) is 21.1. The van der Waals surface area contributed by atoms with Crippen molar-refractivity contribution in [2.75, 3.05) is 13.7 Å². The lowest BCUT2D eigenvalue weighted by molar-refractivity contribution is 0.0600. The number of aliphatic hydroxyl groups excluding tert-OH is 1. The molecule has 6 heteroatoms. The molecule has 1 fully saturated rings. The zero-order valence-corrected chi connectivity index (χ0v) is 20.0. The summed E-state index contributed by atoms with van der Waals surface area (Å²) in [6.45, 7) is 7.08. The molecule has 2 aromatic rings. The predicted molar refractivity (Wildman–Crippen MR) is 120 cm³/mol. The summed E-state index contributed by atoms with van der Waals surface area (Å²) in [6, 6.07) is 11.3. The average Bonchev–Trinajstić information content (AvgIpc) is 3.13. The number of aliphatic hydroxyl groups is 1. The maximum atomic E-state index is 11.1. The lowest BCUT2D eigenvalue weighted by Crippen LogP contribution is -2.03. The summed E-state index contributed by atoms with van der Waals surface area (Å²) >= 11 is 6.66. The molecule has 4 nitrogen and oxygen atoms in total. The van der Waals surface area contributed by atoms with Crippen molar-refractivity contribution >= 4 is 37.8 Å². The molecule has 1 aliphatic heterocycles. The molecular weight excluding hydrogens is 488 g/mol. The van der Waals surface area contributed by atoms with E-state index in [9.17, 15) is 4.79 Å². The highest BCUT2D eigenvalue weighted by Gasteiger charge is 2.08. The van der Waals surface area contributed by atoms with E-state index in [2.05, 4.69) is 43.5 Å². The van der Waals surface area contributed by atoms with Gasteiger partial charge in [-0.2, -0.15) is 0 Å². The third kappa shape index (κ3) is 8.86. The molecule has 1 saturated heterocycles. The summed E-state index contributed by atoms with van der Waals surface area (Å²) in [7, 11) is 1.38. The topological polar surface area (TPSA) is 55.8 Å². The first-order chi connectivity index (χ1) is 13.3. The second kappa shape index (κ2) is 13.1. The van der Waals surface area contributed by atoms with Crippen LogP contribution in [0.15, 0.2) is 45.3 Å². The fourth-order valence-electron chi connectivity index (χ4n) is 2.54. The van der Waals surface area contributed by atoms with Crippen molar-refractivity contribution < 1.29 is 19.4 Å². The number of rotatable bonds is 2. The van der Waals surface area contributed by atoms with Gasteiger partial charge in [0.05, 0.1) is 25.4 Å². The Balaban J connectivity index is 0.000000221. The molecular formula is C22H28Br2O4. The molecule has 1 unspecified atom stereocenters. The molecule has 1 heterocycles. The molecule has 1 N–H and O–H groups in total. The lowest BCUT2D eigenvalue weighted by atomic mass is 10.1. The maximum absolute atomic E-state index is 11.1. The Morgan fingerprint density at radius 2 is 1.75 bits per heavy atom. The number of halogens is 2. The van der Waals surface area contributed by atoms with Crippen molar-refractivity contribution in [3.8, 4) is 0 Å². The zero-order valence-electron chi connectivity index (χ0n) is 16.8. The minimum Gasteiger partial charge on any atom is -0.465 e. The van der Waals surface area contributed by atoms with E-state index in [0.29, 0.717) is 11.7 Å². The van der Waals surface area contributed by atoms with Crippen LogP contribution in [0, 0.1) is 13.8 Å². The van der Waals surface area contributed by atoms with Gasteiger partial charge in [0, 0.05) is 15.6 Å². The molecule has 0 amide bonds. The number of ether oxygens (including phenoxy) is 2. The SMILES string of the molecule is CC1CCCO1.COC(=O)c1ccc(Br)cc1C.Cc1cc(Br)ccc1CO. The molecule has 0 bridgehead atoms. The molecule has 154 valence electrons. The first kappa shape index (κ1) is 24.8. The van der Waals surface area contributed by atoms with Crippen molar-refractivity contribution in [3.05, 3.63) is 67.6 Å². The van der Waals surface area contributed by atoms with Crippen LogP contribution in [-0.2, 0) is 16.1 Å². The number of methoxy groups -OCH3 is 1. The largest absolute Gasteiger partial charge is 0.465 e.